The lowest BCUT2D eigenvalue weighted by molar-refractivity contribution is -0.141. The number of nitriles is 1. The lowest BCUT2D eigenvalue weighted by atomic mass is 10.1. The molecule has 0 radical (unpaired) electrons. The Morgan fingerprint density at radius 3 is 2.57 bits per heavy atom. The number of nitrogens with zero attached hydrogens (tertiary/aromatic N) is 2. The molecular formula is C8H6F3N3. The van der Waals surface area contributed by atoms with Crippen LogP contribution in [-0.2, 0) is 12.6 Å². The van der Waals surface area contributed by atoms with Crippen molar-refractivity contribution in [2.45, 2.75) is 12.6 Å². The number of rotatable bonds is 1. The van der Waals surface area contributed by atoms with E-state index in [9.17, 15) is 13.2 Å². The SMILES string of the molecule is N#CCc1cnc(C(F)(F)F)cc1N. The average Bonchev–Trinajstić information content (AvgIpc) is 2.07. The summed E-state index contributed by atoms with van der Waals surface area (Å²) in [6, 6.07) is 2.51. The van der Waals surface area contributed by atoms with Crippen molar-refractivity contribution < 1.29 is 13.2 Å². The van der Waals surface area contributed by atoms with Gasteiger partial charge in [0.25, 0.3) is 0 Å². The first-order chi connectivity index (χ1) is 6.45. The lowest BCUT2D eigenvalue weighted by Crippen LogP contribution is -2.09. The fourth-order valence-electron chi connectivity index (χ4n) is 0.887. The summed E-state index contributed by atoms with van der Waals surface area (Å²) >= 11 is 0. The van der Waals surface area contributed by atoms with Crippen LogP contribution in [0.4, 0.5) is 18.9 Å². The number of hydrogen-bond acceptors (Lipinski definition) is 3. The van der Waals surface area contributed by atoms with Crippen molar-refractivity contribution in [1.29, 1.82) is 5.26 Å². The number of alkyl halides is 3. The van der Waals surface area contributed by atoms with Gasteiger partial charge in [-0.1, -0.05) is 0 Å². The first-order valence-corrected chi connectivity index (χ1v) is 3.63. The first-order valence-electron chi connectivity index (χ1n) is 3.63. The number of nitrogens with two attached hydrogens (primary N) is 1. The summed E-state index contributed by atoms with van der Waals surface area (Å²) in [5.41, 5.74) is 4.51. The summed E-state index contributed by atoms with van der Waals surface area (Å²) in [5, 5.41) is 8.32. The summed E-state index contributed by atoms with van der Waals surface area (Å²) in [6.07, 6.45) is -3.57. The lowest BCUT2D eigenvalue weighted by Gasteiger charge is -2.07. The number of aromatic nitrogens is 1. The topological polar surface area (TPSA) is 62.7 Å². The van der Waals surface area contributed by atoms with E-state index in [2.05, 4.69) is 4.98 Å². The second-order valence-electron chi connectivity index (χ2n) is 2.60. The monoisotopic (exact) mass is 201 g/mol. The molecule has 0 unspecified atom stereocenters. The summed E-state index contributed by atoms with van der Waals surface area (Å²) in [7, 11) is 0. The highest BCUT2D eigenvalue weighted by atomic mass is 19.4. The van der Waals surface area contributed by atoms with Gasteiger partial charge in [-0.2, -0.15) is 18.4 Å². The number of halogens is 3. The molecule has 6 heteroatoms. The number of nitrogen functional groups attached to an aromatic ring is 1. The summed E-state index contributed by atoms with van der Waals surface area (Å²) in [6.45, 7) is 0. The number of pyridine rings is 1. The fraction of sp³-hybridized carbons (Fsp3) is 0.250. The van der Waals surface area contributed by atoms with E-state index in [-0.39, 0.29) is 12.1 Å². The van der Waals surface area contributed by atoms with Gasteiger partial charge in [0.1, 0.15) is 5.69 Å². The van der Waals surface area contributed by atoms with Crippen LogP contribution in [0.5, 0.6) is 0 Å². The molecule has 0 aliphatic carbocycles. The van der Waals surface area contributed by atoms with Crippen LogP contribution in [0.2, 0.25) is 0 Å². The molecule has 1 aromatic rings. The quantitative estimate of drug-likeness (QED) is 0.752. The maximum absolute atomic E-state index is 12.1. The summed E-state index contributed by atoms with van der Waals surface area (Å²) in [4.78, 5) is 3.17. The van der Waals surface area contributed by atoms with Gasteiger partial charge in [-0.25, -0.2) is 0 Å². The Kier molecular flexibility index (Phi) is 2.60. The van der Waals surface area contributed by atoms with Crippen molar-refractivity contribution in [3.05, 3.63) is 23.5 Å². The van der Waals surface area contributed by atoms with E-state index < -0.39 is 11.9 Å². The maximum Gasteiger partial charge on any atom is 0.433 e. The van der Waals surface area contributed by atoms with E-state index in [0.717, 1.165) is 12.3 Å². The molecule has 1 rings (SSSR count). The third-order valence-corrected chi connectivity index (χ3v) is 1.58. The van der Waals surface area contributed by atoms with Gasteiger partial charge in [-0.3, -0.25) is 4.98 Å². The van der Waals surface area contributed by atoms with Crippen LogP contribution in [-0.4, -0.2) is 4.98 Å². The molecule has 1 aromatic heterocycles. The summed E-state index contributed by atoms with van der Waals surface area (Å²) < 4.78 is 36.3. The molecule has 0 spiro atoms. The minimum atomic E-state index is -4.50. The second-order valence-corrected chi connectivity index (χ2v) is 2.60. The number of anilines is 1. The van der Waals surface area contributed by atoms with Crippen molar-refractivity contribution in [2.75, 3.05) is 5.73 Å². The minimum absolute atomic E-state index is 0.0447. The van der Waals surface area contributed by atoms with Crippen molar-refractivity contribution in [3.8, 4) is 6.07 Å². The van der Waals surface area contributed by atoms with E-state index in [1.165, 1.54) is 0 Å². The molecule has 14 heavy (non-hydrogen) atoms. The van der Waals surface area contributed by atoms with Crippen molar-refractivity contribution in [2.24, 2.45) is 0 Å². The zero-order valence-electron chi connectivity index (χ0n) is 6.97. The van der Waals surface area contributed by atoms with Gasteiger partial charge in [0.05, 0.1) is 12.5 Å². The van der Waals surface area contributed by atoms with Crippen LogP contribution in [0.1, 0.15) is 11.3 Å². The van der Waals surface area contributed by atoms with Crippen LogP contribution < -0.4 is 5.73 Å². The Balaban J connectivity index is 3.08. The molecule has 2 N–H and O–H groups in total. The third-order valence-electron chi connectivity index (χ3n) is 1.58. The fourth-order valence-corrected chi connectivity index (χ4v) is 0.887. The van der Waals surface area contributed by atoms with Gasteiger partial charge in [-0.15, -0.1) is 0 Å². The van der Waals surface area contributed by atoms with E-state index in [1.54, 1.807) is 6.07 Å². The highest BCUT2D eigenvalue weighted by Gasteiger charge is 2.32. The molecule has 0 amide bonds. The van der Waals surface area contributed by atoms with Crippen LogP contribution in [0.3, 0.4) is 0 Å². The predicted octanol–water partition coefficient (Wildman–Crippen LogP) is 1.75. The Bertz CT molecular complexity index is 378. The highest BCUT2D eigenvalue weighted by molar-refractivity contribution is 5.48. The molecule has 0 saturated carbocycles. The standard InChI is InChI=1S/C8H6F3N3/c9-8(10,11)7-3-6(13)5(1-2-12)4-14-7/h3-4H,1H2,(H2,13,14). The van der Waals surface area contributed by atoms with Crippen LogP contribution >= 0.6 is 0 Å². The molecule has 0 aliphatic heterocycles. The van der Waals surface area contributed by atoms with Gasteiger partial charge in [0, 0.05) is 17.4 Å². The zero-order valence-corrected chi connectivity index (χ0v) is 6.97. The molecule has 1 heterocycles. The highest BCUT2D eigenvalue weighted by Crippen LogP contribution is 2.29. The predicted molar refractivity (Wildman–Crippen MR) is 43.0 cm³/mol. The first kappa shape index (κ1) is 10.3. The van der Waals surface area contributed by atoms with Gasteiger partial charge in [-0.05, 0) is 6.07 Å². The molecule has 3 nitrogen and oxygen atoms in total. The second kappa shape index (κ2) is 3.54. The van der Waals surface area contributed by atoms with Crippen molar-refractivity contribution >= 4 is 5.69 Å². The smallest absolute Gasteiger partial charge is 0.398 e. The van der Waals surface area contributed by atoms with Gasteiger partial charge in [0.2, 0.25) is 0 Å². The maximum atomic E-state index is 12.1. The Morgan fingerprint density at radius 1 is 1.50 bits per heavy atom. The van der Waals surface area contributed by atoms with Crippen LogP contribution in [0.25, 0.3) is 0 Å². The molecule has 74 valence electrons. The normalized spacial score (nSPS) is 11.0. The molecule has 0 fully saturated rings. The third kappa shape index (κ3) is 2.13. The van der Waals surface area contributed by atoms with Crippen LogP contribution in [0, 0.1) is 11.3 Å². The van der Waals surface area contributed by atoms with Crippen molar-refractivity contribution in [1.82, 2.24) is 4.98 Å². The van der Waals surface area contributed by atoms with Gasteiger partial charge in [0.15, 0.2) is 0 Å². The molecule has 0 saturated heterocycles. The molecular weight excluding hydrogens is 195 g/mol. The molecule has 0 atom stereocenters. The Morgan fingerprint density at radius 2 is 2.14 bits per heavy atom. The van der Waals surface area contributed by atoms with Gasteiger partial charge >= 0.3 is 6.18 Å². The van der Waals surface area contributed by atoms with Gasteiger partial charge < -0.3 is 5.73 Å². The van der Waals surface area contributed by atoms with E-state index >= 15 is 0 Å². The van der Waals surface area contributed by atoms with E-state index in [0.29, 0.717) is 5.56 Å². The summed E-state index contributed by atoms with van der Waals surface area (Å²) in [5.74, 6) is 0. The van der Waals surface area contributed by atoms with Crippen LogP contribution in [0.15, 0.2) is 12.3 Å². The largest absolute Gasteiger partial charge is 0.433 e. The molecule has 0 aliphatic rings. The molecule has 0 bridgehead atoms. The Hall–Kier alpha value is -1.77. The minimum Gasteiger partial charge on any atom is -0.398 e. The van der Waals surface area contributed by atoms with E-state index in [1.807, 2.05) is 0 Å². The number of hydrogen-bond donors (Lipinski definition) is 1. The average molecular weight is 201 g/mol. The van der Waals surface area contributed by atoms with E-state index in [4.69, 9.17) is 11.0 Å². The zero-order chi connectivity index (χ0) is 10.8. The molecule has 0 aromatic carbocycles. The van der Waals surface area contributed by atoms with Crippen molar-refractivity contribution in [3.63, 3.8) is 0 Å². The Labute approximate surface area is 78.0 Å².